The Kier molecular flexibility index (Phi) is 4.89. The number of hydrogen-bond donors (Lipinski definition) is 1. The molecular weight excluding hydrogens is 328 g/mol. The van der Waals surface area contributed by atoms with Gasteiger partial charge < -0.3 is 5.11 Å². The summed E-state index contributed by atoms with van der Waals surface area (Å²) in [5, 5.41) is 10.4. The van der Waals surface area contributed by atoms with Crippen molar-refractivity contribution >= 4 is 17.4 Å². The quantitative estimate of drug-likeness (QED) is 0.882. The van der Waals surface area contributed by atoms with Crippen LogP contribution in [0, 0.1) is 0 Å². The minimum absolute atomic E-state index is 0.115. The summed E-state index contributed by atoms with van der Waals surface area (Å²) in [6.45, 7) is 5.90. The molecule has 2 aromatic rings. The van der Waals surface area contributed by atoms with Crippen molar-refractivity contribution in [2.75, 3.05) is 4.90 Å². The Morgan fingerprint density at radius 2 is 1.88 bits per heavy atom. The van der Waals surface area contributed by atoms with Crippen LogP contribution in [0.1, 0.15) is 50.4 Å². The normalized spacial score (nSPS) is 17.3. The van der Waals surface area contributed by atoms with Gasteiger partial charge in [-0.15, -0.1) is 0 Å². The number of Topliss-reactive ketones (excluding diaryl/α,β-unsaturated/α-hetero) is 1. The van der Waals surface area contributed by atoms with Crippen molar-refractivity contribution in [2.24, 2.45) is 0 Å². The predicted molar refractivity (Wildman–Crippen MR) is 99.9 cm³/mol. The fourth-order valence-electron chi connectivity index (χ4n) is 3.18. The van der Waals surface area contributed by atoms with E-state index in [0.29, 0.717) is 17.3 Å². The first-order valence-electron chi connectivity index (χ1n) is 8.76. The van der Waals surface area contributed by atoms with Crippen molar-refractivity contribution in [3.63, 3.8) is 0 Å². The predicted octanol–water partition coefficient (Wildman–Crippen LogP) is 4.08. The Morgan fingerprint density at radius 3 is 2.42 bits per heavy atom. The third kappa shape index (κ3) is 3.01. The minimum atomic E-state index is -0.721. The van der Waals surface area contributed by atoms with Crippen molar-refractivity contribution in [3.05, 3.63) is 71.3 Å². The van der Waals surface area contributed by atoms with Gasteiger partial charge in [0.2, 0.25) is 0 Å². The second-order valence-corrected chi connectivity index (χ2v) is 6.62. The molecule has 1 aliphatic heterocycles. The van der Waals surface area contributed by atoms with Crippen LogP contribution in [0.25, 0.3) is 0 Å². The van der Waals surface area contributed by atoms with Gasteiger partial charge >= 0.3 is 0 Å². The van der Waals surface area contributed by atoms with Gasteiger partial charge in [0.25, 0.3) is 5.91 Å². The fourth-order valence-corrected chi connectivity index (χ4v) is 3.18. The van der Waals surface area contributed by atoms with Gasteiger partial charge in [0.15, 0.2) is 11.5 Å². The summed E-state index contributed by atoms with van der Waals surface area (Å²) >= 11 is 0. The summed E-state index contributed by atoms with van der Waals surface area (Å²) < 4.78 is 0. The fraction of sp³-hybridized carbons (Fsp3) is 0.286. The highest BCUT2D eigenvalue weighted by Crippen LogP contribution is 2.40. The molecule has 0 aliphatic carbocycles. The number of carbonyl (C=O) groups is 2. The van der Waals surface area contributed by atoms with Crippen molar-refractivity contribution in [1.82, 2.24) is 4.98 Å². The van der Waals surface area contributed by atoms with Crippen LogP contribution in [0.2, 0.25) is 0 Å². The molecule has 0 fully saturated rings. The summed E-state index contributed by atoms with van der Waals surface area (Å²) in [7, 11) is 0. The third-order valence-corrected chi connectivity index (χ3v) is 4.64. The molecule has 1 aromatic heterocycles. The molecule has 1 amide bonds. The Morgan fingerprint density at radius 1 is 1.19 bits per heavy atom. The molecule has 5 nitrogen and oxygen atoms in total. The van der Waals surface area contributed by atoms with Crippen LogP contribution in [-0.2, 0) is 9.59 Å². The number of pyridine rings is 1. The number of aromatic nitrogens is 1. The number of amides is 1. The molecule has 0 spiro atoms. The van der Waals surface area contributed by atoms with E-state index in [1.807, 2.05) is 24.3 Å². The molecule has 1 N–H and O–H groups in total. The van der Waals surface area contributed by atoms with Crippen LogP contribution >= 0.6 is 0 Å². The lowest BCUT2D eigenvalue weighted by Gasteiger charge is -2.26. The Hall–Kier alpha value is -2.95. The molecule has 2 heterocycles. The smallest absolute Gasteiger partial charge is 0.294 e. The van der Waals surface area contributed by atoms with E-state index in [4.69, 9.17) is 0 Å². The molecule has 0 saturated heterocycles. The van der Waals surface area contributed by atoms with Gasteiger partial charge in [0.1, 0.15) is 6.04 Å². The molecule has 134 valence electrons. The average Bonchev–Trinajstić information content (AvgIpc) is 2.93. The highest BCUT2D eigenvalue weighted by molar-refractivity contribution is 6.16. The van der Waals surface area contributed by atoms with Gasteiger partial charge in [-0.1, -0.05) is 39.0 Å². The summed E-state index contributed by atoms with van der Waals surface area (Å²) in [4.78, 5) is 31.0. The number of anilines is 1. The summed E-state index contributed by atoms with van der Waals surface area (Å²) in [6, 6.07) is 12.2. The maximum Gasteiger partial charge on any atom is 0.294 e. The van der Waals surface area contributed by atoms with Crippen molar-refractivity contribution in [2.45, 2.75) is 39.2 Å². The lowest BCUT2D eigenvalue weighted by Crippen LogP contribution is -2.31. The SMILES string of the molecule is CCC(=O)C1=C(O)C(=O)N(c2ccc(C(C)C)cc2)C1c1ccccn1. The topological polar surface area (TPSA) is 70.5 Å². The van der Waals surface area contributed by atoms with E-state index in [-0.39, 0.29) is 17.8 Å². The molecule has 1 aromatic carbocycles. The van der Waals surface area contributed by atoms with E-state index in [2.05, 4.69) is 18.8 Å². The first-order chi connectivity index (χ1) is 12.5. The number of aliphatic hydroxyl groups is 1. The second kappa shape index (κ2) is 7.12. The van der Waals surface area contributed by atoms with Crippen LogP contribution in [0.3, 0.4) is 0 Å². The minimum Gasteiger partial charge on any atom is -0.503 e. The molecule has 26 heavy (non-hydrogen) atoms. The monoisotopic (exact) mass is 350 g/mol. The Balaban J connectivity index is 2.11. The average molecular weight is 350 g/mol. The molecule has 0 bridgehead atoms. The standard InChI is InChI=1S/C21H22N2O3/c1-4-17(24)18-19(16-7-5-6-12-22-16)23(21(26)20(18)25)15-10-8-14(9-11-15)13(2)3/h5-13,19,25H,4H2,1-3H3. The zero-order valence-electron chi connectivity index (χ0n) is 15.1. The molecule has 1 atom stereocenters. The zero-order valence-corrected chi connectivity index (χ0v) is 15.1. The number of carbonyl (C=O) groups excluding carboxylic acids is 2. The lowest BCUT2D eigenvalue weighted by molar-refractivity contribution is -0.118. The van der Waals surface area contributed by atoms with Gasteiger partial charge in [-0.2, -0.15) is 0 Å². The second-order valence-electron chi connectivity index (χ2n) is 6.62. The van der Waals surface area contributed by atoms with Gasteiger partial charge in [-0.3, -0.25) is 19.5 Å². The van der Waals surface area contributed by atoms with Crippen LogP contribution < -0.4 is 4.90 Å². The van der Waals surface area contributed by atoms with Gasteiger partial charge in [-0.05, 0) is 35.7 Å². The van der Waals surface area contributed by atoms with Crippen molar-refractivity contribution < 1.29 is 14.7 Å². The van der Waals surface area contributed by atoms with E-state index in [1.165, 1.54) is 4.90 Å². The Bertz CT molecular complexity index is 855. The van der Waals surface area contributed by atoms with Crippen LogP contribution in [0.15, 0.2) is 60.0 Å². The highest BCUT2D eigenvalue weighted by Gasteiger charge is 2.44. The van der Waals surface area contributed by atoms with E-state index in [9.17, 15) is 14.7 Å². The highest BCUT2D eigenvalue weighted by atomic mass is 16.3. The molecule has 3 rings (SSSR count). The van der Waals surface area contributed by atoms with Crippen LogP contribution in [-0.4, -0.2) is 21.8 Å². The van der Waals surface area contributed by atoms with Crippen molar-refractivity contribution in [3.8, 4) is 0 Å². The number of aliphatic hydroxyl groups excluding tert-OH is 1. The maximum atomic E-state index is 12.8. The number of hydrogen-bond acceptors (Lipinski definition) is 4. The largest absolute Gasteiger partial charge is 0.503 e. The summed E-state index contributed by atoms with van der Waals surface area (Å²) in [5.41, 5.74) is 2.44. The third-order valence-electron chi connectivity index (χ3n) is 4.64. The molecule has 1 unspecified atom stereocenters. The molecule has 5 heteroatoms. The van der Waals surface area contributed by atoms with Crippen LogP contribution in [0.5, 0.6) is 0 Å². The first kappa shape index (κ1) is 17.9. The molecule has 1 aliphatic rings. The van der Waals surface area contributed by atoms with Crippen LogP contribution in [0.4, 0.5) is 5.69 Å². The van der Waals surface area contributed by atoms with Gasteiger partial charge in [0, 0.05) is 18.3 Å². The Labute approximate surface area is 153 Å². The first-order valence-corrected chi connectivity index (χ1v) is 8.76. The number of ketones is 1. The molecule has 0 saturated carbocycles. The van der Waals surface area contributed by atoms with Gasteiger partial charge in [0.05, 0.1) is 11.3 Å². The van der Waals surface area contributed by atoms with E-state index in [0.717, 1.165) is 5.56 Å². The number of nitrogens with zero attached hydrogens (tertiary/aromatic N) is 2. The lowest BCUT2D eigenvalue weighted by atomic mass is 9.98. The van der Waals surface area contributed by atoms with Gasteiger partial charge in [-0.25, -0.2) is 0 Å². The maximum absolute atomic E-state index is 12.8. The van der Waals surface area contributed by atoms with E-state index >= 15 is 0 Å². The molecular formula is C21H22N2O3. The van der Waals surface area contributed by atoms with E-state index in [1.54, 1.807) is 31.3 Å². The molecule has 0 radical (unpaired) electrons. The number of benzene rings is 1. The summed E-state index contributed by atoms with van der Waals surface area (Å²) in [6.07, 6.45) is 1.82. The zero-order chi connectivity index (χ0) is 18.8. The van der Waals surface area contributed by atoms with E-state index < -0.39 is 17.7 Å². The number of rotatable bonds is 5. The summed E-state index contributed by atoms with van der Waals surface area (Å²) in [5.74, 6) is -0.948. The van der Waals surface area contributed by atoms with Crippen molar-refractivity contribution in [1.29, 1.82) is 0 Å².